The van der Waals surface area contributed by atoms with Gasteiger partial charge in [0.15, 0.2) is 0 Å². The highest BCUT2D eigenvalue weighted by molar-refractivity contribution is 7.96. The maximum atomic E-state index is 10.7. The van der Waals surface area contributed by atoms with Gasteiger partial charge in [0.2, 0.25) is 0 Å². The molecule has 0 aliphatic carbocycles. The molecular formula is C10H14BNO6S. The fraction of sp³-hybridized carbons (Fsp3) is 0.200. The van der Waals surface area contributed by atoms with E-state index in [-0.39, 0.29) is 24.1 Å². The van der Waals surface area contributed by atoms with Gasteiger partial charge in [0.05, 0.1) is 0 Å². The van der Waals surface area contributed by atoms with Gasteiger partial charge < -0.3 is 26.0 Å². The Balaban J connectivity index is 0.000000711. The number of carboxylic acid groups (broad SMARTS) is 1. The second kappa shape index (κ2) is 8.41. The topological polar surface area (TPSA) is 141 Å². The molecule has 0 fully saturated rings. The molecule has 1 amide bonds. The summed E-state index contributed by atoms with van der Waals surface area (Å²) in [5.74, 6) is -1.52. The van der Waals surface area contributed by atoms with Crippen LogP contribution in [0.5, 0.6) is 5.75 Å². The van der Waals surface area contributed by atoms with E-state index < -0.39 is 18.3 Å². The minimum atomic E-state index is -1.46. The molecule has 9 heteroatoms. The Morgan fingerprint density at radius 3 is 2.26 bits per heavy atom. The van der Waals surface area contributed by atoms with Crippen LogP contribution in [0.4, 0.5) is 4.79 Å². The molecule has 0 saturated heterocycles. The summed E-state index contributed by atoms with van der Waals surface area (Å²) in [6.45, 7) is 0. The van der Waals surface area contributed by atoms with Crippen molar-refractivity contribution < 1.29 is 29.9 Å². The Hall–Kier alpha value is -1.71. The highest BCUT2D eigenvalue weighted by atomic mass is 32.1. The van der Waals surface area contributed by atoms with Crippen LogP contribution < -0.4 is 5.73 Å². The molecule has 0 aliphatic rings. The molecule has 0 atom stereocenters. The maximum absolute atomic E-state index is 10.7. The average molecular weight is 287 g/mol. The predicted molar refractivity (Wildman–Crippen MR) is 72.3 cm³/mol. The second-order valence-corrected chi connectivity index (χ2v) is 3.92. The van der Waals surface area contributed by atoms with Crippen molar-refractivity contribution in [3.63, 3.8) is 0 Å². The van der Waals surface area contributed by atoms with Gasteiger partial charge in [0.1, 0.15) is 11.3 Å². The van der Waals surface area contributed by atoms with Crippen molar-refractivity contribution in [2.45, 2.75) is 12.7 Å². The van der Waals surface area contributed by atoms with Gasteiger partial charge in [-0.05, 0) is 24.4 Å². The molecule has 0 unspecified atom stereocenters. The summed E-state index contributed by atoms with van der Waals surface area (Å²) in [4.78, 5) is 19.7. The summed E-state index contributed by atoms with van der Waals surface area (Å²) >= 11 is 3.10. The van der Waals surface area contributed by atoms with Gasteiger partial charge in [-0.25, -0.2) is 4.79 Å². The monoisotopic (exact) mass is 287 g/mol. The average Bonchev–Trinajstić information content (AvgIpc) is 2.26. The molecule has 1 rings (SSSR count). The van der Waals surface area contributed by atoms with Gasteiger partial charge >= 0.3 is 13.1 Å². The zero-order chi connectivity index (χ0) is 15.0. The Bertz CT molecular complexity index is 450. The molecule has 1 aromatic rings. The van der Waals surface area contributed by atoms with E-state index in [0.717, 1.165) is 0 Å². The lowest BCUT2D eigenvalue weighted by Crippen LogP contribution is -2.11. The molecule has 0 spiro atoms. The minimum absolute atomic E-state index is 0.0522. The molecule has 0 aromatic heterocycles. The van der Waals surface area contributed by atoms with Gasteiger partial charge in [-0.1, -0.05) is 24.8 Å². The number of rotatable bonds is 4. The zero-order valence-corrected chi connectivity index (χ0v) is 10.7. The van der Waals surface area contributed by atoms with Crippen molar-refractivity contribution in [1.82, 2.24) is 0 Å². The first-order valence-electron chi connectivity index (χ1n) is 5.14. The smallest absolute Gasteiger partial charge is 0.451 e. The van der Waals surface area contributed by atoms with E-state index in [0.29, 0.717) is 5.56 Å². The zero-order valence-electron chi connectivity index (χ0n) is 9.85. The normalized spacial score (nSPS) is 9.21. The van der Waals surface area contributed by atoms with Crippen LogP contribution in [-0.2, 0) is 6.42 Å². The number of amides is 1. The van der Waals surface area contributed by atoms with Crippen LogP contribution in [0.1, 0.15) is 15.9 Å². The number of phenols is 1. The van der Waals surface area contributed by atoms with Crippen molar-refractivity contribution in [3.05, 3.63) is 29.3 Å². The van der Waals surface area contributed by atoms with E-state index in [1.165, 1.54) is 12.1 Å². The number of hydrogen-bond donors (Lipinski definition) is 6. The third-order valence-electron chi connectivity index (χ3n) is 2.02. The van der Waals surface area contributed by atoms with Crippen LogP contribution >= 0.6 is 12.6 Å². The maximum Gasteiger partial charge on any atom is 0.451 e. The fourth-order valence-corrected chi connectivity index (χ4v) is 1.25. The highest BCUT2D eigenvalue weighted by Gasteiger charge is 2.14. The summed E-state index contributed by atoms with van der Waals surface area (Å²) in [6.07, 6.45) is 0.265. The Morgan fingerprint density at radius 1 is 1.32 bits per heavy atom. The molecule has 6 N–H and O–H groups in total. The van der Waals surface area contributed by atoms with Gasteiger partial charge in [-0.2, -0.15) is 0 Å². The standard InChI is InChI=1S/C9H11BO5.CH3NOS/c11-8-6(4-5-10(14)15)2-1-3-7(8)9(12)13;2-1(3)4/h1-3,11,14-15H,4-5H2,(H,12,13);(H3,2,3,4). The number of benzene rings is 1. The van der Waals surface area contributed by atoms with E-state index >= 15 is 0 Å². The number of aromatic carboxylic acids is 1. The quantitative estimate of drug-likeness (QED) is 0.342. The van der Waals surface area contributed by atoms with Gasteiger partial charge in [-0.15, -0.1) is 0 Å². The summed E-state index contributed by atoms with van der Waals surface area (Å²) in [7, 11) is -1.46. The molecule has 0 bridgehead atoms. The molecule has 19 heavy (non-hydrogen) atoms. The van der Waals surface area contributed by atoms with E-state index in [1.54, 1.807) is 6.07 Å². The van der Waals surface area contributed by atoms with Gasteiger partial charge in [0.25, 0.3) is 5.24 Å². The van der Waals surface area contributed by atoms with Crippen molar-refractivity contribution >= 4 is 31.0 Å². The predicted octanol–water partition coefficient (Wildman–Crippen LogP) is 0.101. The number of carbonyl (C=O) groups is 2. The third-order valence-corrected chi connectivity index (χ3v) is 2.02. The molecule has 104 valence electrons. The van der Waals surface area contributed by atoms with Crippen LogP contribution in [0.2, 0.25) is 6.32 Å². The van der Waals surface area contributed by atoms with Crippen LogP contribution in [0.25, 0.3) is 0 Å². The van der Waals surface area contributed by atoms with E-state index in [1.807, 2.05) is 0 Å². The Kier molecular flexibility index (Phi) is 7.65. The molecule has 0 aliphatic heterocycles. The first-order valence-corrected chi connectivity index (χ1v) is 5.59. The number of primary amides is 1. The van der Waals surface area contributed by atoms with E-state index in [2.05, 4.69) is 18.4 Å². The van der Waals surface area contributed by atoms with Crippen LogP contribution in [-0.4, -0.2) is 38.6 Å². The number of nitrogens with two attached hydrogens (primary N) is 1. The molecule has 1 aromatic carbocycles. The number of aromatic hydroxyl groups is 1. The first-order chi connectivity index (χ1) is 8.75. The number of para-hydroxylation sites is 1. The lowest BCUT2D eigenvalue weighted by molar-refractivity contribution is 0.0693. The molecular weight excluding hydrogens is 273 g/mol. The molecule has 0 heterocycles. The lowest BCUT2D eigenvalue weighted by Gasteiger charge is -2.06. The van der Waals surface area contributed by atoms with Crippen LogP contribution in [0.3, 0.4) is 0 Å². The largest absolute Gasteiger partial charge is 0.507 e. The number of hydrogen-bond acceptors (Lipinski definition) is 5. The number of carboxylic acids is 1. The van der Waals surface area contributed by atoms with Crippen LogP contribution in [0, 0.1) is 0 Å². The van der Waals surface area contributed by atoms with Crippen molar-refractivity contribution in [3.8, 4) is 5.75 Å². The van der Waals surface area contributed by atoms with Crippen molar-refractivity contribution in [1.29, 1.82) is 0 Å². The Morgan fingerprint density at radius 2 is 1.84 bits per heavy atom. The summed E-state index contributed by atoms with van der Waals surface area (Å²) in [5, 5.41) is 34.9. The molecule has 7 nitrogen and oxygen atoms in total. The second-order valence-electron chi connectivity index (χ2n) is 3.48. The fourth-order valence-electron chi connectivity index (χ4n) is 1.25. The summed E-state index contributed by atoms with van der Waals surface area (Å²) < 4.78 is 0. The summed E-state index contributed by atoms with van der Waals surface area (Å²) in [5.41, 5.74) is 4.55. The number of carbonyl (C=O) groups excluding carboxylic acids is 1. The Labute approximate surface area is 115 Å². The van der Waals surface area contributed by atoms with Gasteiger partial charge in [-0.3, -0.25) is 4.79 Å². The summed E-state index contributed by atoms with van der Waals surface area (Å²) in [6, 6.07) is 4.34. The molecule has 0 radical (unpaired) electrons. The first kappa shape index (κ1) is 17.3. The number of thiol groups is 1. The van der Waals surface area contributed by atoms with E-state index in [4.69, 9.17) is 19.9 Å². The SMILES string of the molecule is NC(=O)S.O=C(O)c1cccc(CCB(O)O)c1O. The van der Waals surface area contributed by atoms with Crippen molar-refractivity contribution in [2.75, 3.05) is 0 Å². The lowest BCUT2D eigenvalue weighted by atomic mass is 9.82. The highest BCUT2D eigenvalue weighted by Crippen LogP contribution is 2.23. The van der Waals surface area contributed by atoms with Crippen LogP contribution in [0.15, 0.2) is 18.2 Å². The van der Waals surface area contributed by atoms with Crippen molar-refractivity contribution in [2.24, 2.45) is 5.73 Å². The molecule has 0 saturated carbocycles. The minimum Gasteiger partial charge on any atom is -0.507 e. The number of aryl methyl sites for hydroxylation is 1. The van der Waals surface area contributed by atoms with Gasteiger partial charge in [0, 0.05) is 0 Å². The van der Waals surface area contributed by atoms with E-state index in [9.17, 15) is 9.90 Å². The third kappa shape index (κ3) is 7.34.